The van der Waals surface area contributed by atoms with Gasteiger partial charge in [0.05, 0.1) is 0 Å². The monoisotopic (exact) mass is 175 g/mol. The number of fused-ring (bicyclic) bond motifs is 1. The van der Waals surface area contributed by atoms with Gasteiger partial charge >= 0.3 is 0 Å². The fraction of sp³-hybridized carbons (Fsp3) is 0.200. The van der Waals surface area contributed by atoms with Gasteiger partial charge in [0, 0.05) is 18.7 Å². The Morgan fingerprint density at radius 2 is 1.92 bits per heavy atom. The van der Waals surface area contributed by atoms with Gasteiger partial charge in [0.1, 0.15) is 6.29 Å². The molecule has 2 rings (SSSR count). The maximum absolute atomic E-state index is 10.5. The van der Waals surface area contributed by atoms with Crippen molar-refractivity contribution in [3.8, 4) is 0 Å². The Kier molecular flexibility index (Phi) is 1.85. The van der Waals surface area contributed by atoms with E-state index in [-0.39, 0.29) is 0 Å². The van der Waals surface area contributed by atoms with Gasteiger partial charge in [0.2, 0.25) is 6.41 Å². The van der Waals surface area contributed by atoms with Crippen molar-refractivity contribution in [2.75, 3.05) is 0 Å². The fourth-order valence-electron chi connectivity index (χ4n) is 1.59. The first-order valence-corrected chi connectivity index (χ1v) is 4.10. The van der Waals surface area contributed by atoms with Crippen LogP contribution in [0.4, 0.5) is 0 Å². The van der Waals surface area contributed by atoms with Crippen molar-refractivity contribution in [1.29, 1.82) is 0 Å². The molecule has 66 valence electrons. The van der Waals surface area contributed by atoms with Crippen molar-refractivity contribution in [3.63, 3.8) is 0 Å². The molecule has 1 aliphatic heterocycles. The van der Waals surface area contributed by atoms with E-state index < -0.39 is 0 Å². The molecule has 0 saturated carbocycles. The number of rotatable bonds is 2. The molecule has 0 aliphatic carbocycles. The maximum Gasteiger partial charge on any atom is 0.210 e. The zero-order valence-corrected chi connectivity index (χ0v) is 7.06. The number of benzene rings is 1. The minimum Gasteiger partial charge on any atom is -0.337 e. The van der Waals surface area contributed by atoms with E-state index in [4.69, 9.17) is 0 Å². The van der Waals surface area contributed by atoms with Crippen LogP contribution in [0, 0.1) is 0 Å². The minimum absolute atomic E-state index is 0.626. The fourth-order valence-corrected chi connectivity index (χ4v) is 1.59. The molecule has 13 heavy (non-hydrogen) atoms. The highest BCUT2D eigenvalue weighted by Gasteiger charge is 2.16. The quantitative estimate of drug-likeness (QED) is 0.628. The highest BCUT2D eigenvalue weighted by molar-refractivity contribution is 5.75. The number of carbonyl (C=O) groups is 2. The molecule has 1 aliphatic rings. The first-order valence-electron chi connectivity index (χ1n) is 4.10. The van der Waals surface area contributed by atoms with Crippen LogP contribution in [0.5, 0.6) is 0 Å². The van der Waals surface area contributed by atoms with Crippen molar-refractivity contribution in [1.82, 2.24) is 4.90 Å². The van der Waals surface area contributed by atoms with E-state index in [2.05, 4.69) is 0 Å². The third-order valence-electron chi connectivity index (χ3n) is 2.26. The highest BCUT2D eigenvalue weighted by atomic mass is 16.1. The zero-order valence-electron chi connectivity index (χ0n) is 7.06. The van der Waals surface area contributed by atoms with Gasteiger partial charge in [-0.05, 0) is 17.2 Å². The molecule has 0 atom stereocenters. The first kappa shape index (κ1) is 7.98. The average Bonchev–Trinajstić information content (AvgIpc) is 2.58. The largest absolute Gasteiger partial charge is 0.337 e. The second kappa shape index (κ2) is 3.01. The highest BCUT2D eigenvalue weighted by Crippen LogP contribution is 2.21. The number of carbonyl (C=O) groups excluding carboxylic acids is 2. The second-order valence-corrected chi connectivity index (χ2v) is 3.16. The molecule has 1 aromatic carbocycles. The van der Waals surface area contributed by atoms with Crippen LogP contribution >= 0.6 is 0 Å². The molecule has 0 radical (unpaired) electrons. The SMILES string of the molecule is O=Cc1ccc2c(c1)CN(C=O)C2. The van der Waals surface area contributed by atoms with Gasteiger partial charge in [0.15, 0.2) is 0 Å². The molecule has 0 N–H and O–H groups in total. The Morgan fingerprint density at radius 3 is 2.62 bits per heavy atom. The topological polar surface area (TPSA) is 37.4 Å². The normalized spacial score (nSPS) is 14.0. The molecular formula is C10H9NO2. The lowest BCUT2D eigenvalue weighted by molar-refractivity contribution is -0.118. The van der Waals surface area contributed by atoms with Crippen LogP contribution in [0.3, 0.4) is 0 Å². The third-order valence-corrected chi connectivity index (χ3v) is 2.26. The summed E-state index contributed by atoms with van der Waals surface area (Å²) in [6.45, 7) is 1.29. The van der Waals surface area contributed by atoms with Crippen LogP contribution in [0.15, 0.2) is 18.2 Å². The van der Waals surface area contributed by atoms with Crippen LogP contribution in [-0.4, -0.2) is 17.6 Å². The van der Waals surface area contributed by atoms with Crippen molar-refractivity contribution in [2.24, 2.45) is 0 Å². The van der Waals surface area contributed by atoms with E-state index >= 15 is 0 Å². The summed E-state index contributed by atoms with van der Waals surface area (Å²) in [6.07, 6.45) is 1.66. The standard InChI is InChI=1S/C10H9NO2/c12-6-8-1-2-9-4-11(7-13)5-10(9)3-8/h1-3,6-7H,4-5H2. The number of aldehydes is 1. The van der Waals surface area contributed by atoms with Gasteiger partial charge in [-0.3, -0.25) is 9.59 Å². The van der Waals surface area contributed by atoms with E-state index in [1.165, 1.54) is 0 Å². The summed E-state index contributed by atoms with van der Waals surface area (Å²) >= 11 is 0. The lowest BCUT2D eigenvalue weighted by atomic mass is 10.1. The van der Waals surface area contributed by atoms with Crippen LogP contribution in [0.1, 0.15) is 21.5 Å². The molecule has 0 fully saturated rings. The molecule has 1 amide bonds. The summed E-state index contributed by atoms with van der Waals surface area (Å²) in [5.74, 6) is 0. The molecule has 0 saturated heterocycles. The molecule has 1 heterocycles. The average molecular weight is 175 g/mol. The van der Waals surface area contributed by atoms with Gasteiger partial charge in [-0.15, -0.1) is 0 Å². The number of amides is 1. The molecule has 0 bridgehead atoms. The Hall–Kier alpha value is -1.64. The summed E-state index contributed by atoms with van der Waals surface area (Å²) in [4.78, 5) is 22.6. The van der Waals surface area contributed by atoms with Crippen molar-refractivity contribution in [3.05, 3.63) is 34.9 Å². The van der Waals surface area contributed by atoms with Crippen LogP contribution in [-0.2, 0) is 17.9 Å². The predicted octanol–water partition coefficient (Wildman–Crippen LogP) is 0.971. The number of nitrogens with zero attached hydrogens (tertiary/aromatic N) is 1. The zero-order chi connectivity index (χ0) is 9.26. The third kappa shape index (κ3) is 1.33. The van der Waals surface area contributed by atoms with Crippen LogP contribution in [0.25, 0.3) is 0 Å². The van der Waals surface area contributed by atoms with Crippen LogP contribution < -0.4 is 0 Å². The van der Waals surface area contributed by atoms with E-state index in [0.717, 1.165) is 23.8 Å². The van der Waals surface area contributed by atoms with Gasteiger partial charge in [-0.25, -0.2) is 0 Å². The Bertz CT molecular complexity index is 360. The molecule has 0 aromatic heterocycles. The van der Waals surface area contributed by atoms with Crippen molar-refractivity contribution >= 4 is 12.7 Å². The summed E-state index contributed by atoms with van der Waals surface area (Å²) in [7, 11) is 0. The molecule has 0 unspecified atom stereocenters. The Morgan fingerprint density at radius 1 is 1.15 bits per heavy atom. The first-order chi connectivity index (χ1) is 6.33. The molecular weight excluding hydrogens is 166 g/mol. The molecule has 1 aromatic rings. The van der Waals surface area contributed by atoms with E-state index in [0.29, 0.717) is 18.7 Å². The van der Waals surface area contributed by atoms with Gasteiger partial charge < -0.3 is 4.90 Å². The van der Waals surface area contributed by atoms with E-state index in [1.54, 1.807) is 11.0 Å². The van der Waals surface area contributed by atoms with Crippen LogP contribution in [0.2, 0.25) is 0 Å². The number of hydrogen-bond acceptors (Lipinski definition) is 2. The van der Waals surface area contributed by atoms with Crippen molar-refractivity contribution in [2.45, 2.75) is 13.1 Å². The van der Waals surface area contributed by atoms with Gasteiger partial charge in [-0.2, -0.15) is 0 Å². The number of hydrogen-bond donors (Lipinski definition) is 0. The summed E-state index contributed by atoms with van der Waals surface area (Å²) < 4.78 is 0. The maximum atomic E-state index is 10.5. The van der Waals surface area contributed by atoms with E-state index in [1.807, 2.05) is 12.1 Å². The second-order valence-electron chi connectivity index (χ2n) is 3.16. The van der Waals surface area contributed by atoms with Gasteiger partial charge in [-0.1, -0.05) is 12.1 Å². The Labute approximate surface area is 76.0 Å². The minimum atomic E-state index is 0.626. The van der Waals surface area contributed by atoms with Gasteiger partial charge in [0.25, 0.3) is 0 Å². The van der Waals surface area contributed by atoms with E-state index in [9.17, 15) is 9.59 Å². The lowest BCUT2D eigenvalue weighted by Crippen LogP contribution is -2.12. The lowest BCUT2D eigenvalue weighted by Gasteiger charge is -2.04. The Balaban J connectivity index is 2.35. The summed E-state index contributed by atoms with van der Waals surface area (Å²) in [5, 5.41) is 0. The smallest absolute Gasteiger partial charge is 0.210 e. The predicted molar refractivity (Wildman–Crippen MR) is 47.1 cm³/mol. The molecule has 3 heteroatoms. The summed E-state index contributed by atoms with van der Waals surface area (Å²) in [6, 6.07) is 5.52. The molecule has 3 nitrogen and oxygen atoms in total. The van der Waals surface area contributed by atoms with Crippen molar-refractivity contribution < 1.29 is 9.59 Å². The molecule has 0 spiro atoms. The summed E-state index contributed by atoms with van der Waals surface area (Å²) in [5.41, 5.74) is 2.89.